The van der Waals surface area contributed by atoms with E-state index in [1.165, 1.54) is 0 Å². The summed E-state index contributed by atoms with van der Waals surface area (Å²) in [6.45, 7) is 0.313. The number of nitrogens with two attached hydrogens (primary N) is 1. The van der Waals surface area contributed by atoms with Crippen molar-refractivity contribution >= 4 is 6.02 Å². The van der Waals surface area contributed by atoms with Crippen molar-refractivity contribution in [3.8, 4) is 0 Å². The van der Waals surface area contributed by atoms with Crippen LogP contribution in [0.1, 0.15) is 17.5 Å². The summed E-state index contributed by atoms with van der Waals surface area (Å²) in [4.78, 5) is 3.95. The van der Waals surface area contributed by atoms with E-state index in [2.05, 4.69) is 4.99 Å². The van der Waals surface area contributed by atoms with Gasteiger partial charge in [-0.05, 0) is 36.6 Å². The SMILES string of the molecule is NC1=NC(CCc2cc(F)cc(C(F)(F)F)c2)CO1. The van der Waals surface area contributed by atoms with Crippen LogP contribution in [-0.4, -0.2) is 18.7 Å². The fraction of sp³-hybridized carbons (Fsp3) is 0.417. The molecule has 0 radical (unpaired) electrons. The Morgan fingerprint density at radius 3 is 2.63 bits per heavy atom. The maximum atomic E-state index is 13.1. The first-order valence-corrected chi connectivity index (χ1v) is 5.67. The molecule has 0 bridgehead atoms. The van der Waals surface area contributed by atoms with E-state index in [1.807, 2.05) is 0 Å². The van der Waals surface area contributed by atoms with Crippen LogP contribution in [0.4, 0.5) is 17.6 Å². The van der Waals surface area contributed by atoms with Gasteiger partial charge >= 0.3 is 6.18 Å². The number of ether oxygens (including phenoxy) is 1. The first-order chi connectivity index (χ1) is 8.84. The number of alkyl halides is 3. The van der Waals surface area contributed by atoms with E-state index < -0.39 is 17.6 Å². The molecule has 0 saturated carbocycles. The molecule has 0 amide bonds. The predicted octanol–water partition coefficient (Wildman–Crippen LogP) is 2.49. The fourth-order valence-corrected chi connectivity index (χ4v) is 1.88. The lowest BCUT2D eigenvalue weighted by atomic mass is 10.0. The van der Waals surface area contributed by atoms with Crippen molar-refractivity contribution in [2.24, 2.45) is 10.7 Å². The van der Waals surface area contributed by atoms with E-state index in [0.717, 1.165) is 12.1 Å². The molecular weight excluding hydrogens is 264 g/mol. The number of hydrogen-bond donors (Lipinski definition) is 1. The smallest absolute Gasteiger partial charge is 0.416 e. The Balaban J connectivity index is 2.06. The molecule has 0 aliphatic carbocycles. The van der Waals surface area contributed by atoms with Crippen molar-refractivity contribution < 1.29 is 22.3 Å². The molecule has 2 N–H and O–H groups in total. The van der Waals surface area contributed by atoms with Gasteiger partial charge in [0.05, 0.1) is 11.6 Å². The van der Waals surface area contributed by atoms with E-state index in [-0.39, 0.29) is 24.0 Å². The molecule has 104 valence electrons. The summed E-state index contributed by atoms with van der Waals surface area (Å²) in [7, 11) is 0. The zero-order valence-electron chi connectivity index (χ0n) is 9.88. The highest BCUT2D eigenvalue weighted by molar-refractivity contribution is 5.72. The van der Waals surface area contributed by atoms with Gasteiger partial charge in [0.15, 0.2) is 0 Å². The number of nitrogens with zero attached hydrogens (tertiary/aromatic N) is 1. The van der Waals surface area contributed by atoms with Crippen LogP contribution in [0, 0.1) is 5.82 Å². The second-order valence-electron chi connectivity index (χ2n) is 4.32. The highest BCUT2D eigenvalue weighted by Crippen LogP contribution is 2.30. The Hall–Kier alpha value is -1.79. The Labute approximate surface area is 107 Å². The summed E-state index contributed by atoms with van der Waals surface area (Å²) in [5, 5.41) is 0. The number of aliphatic imine (C=N–C) groups is 1. The van der Waals surface area contributed by atoms with Gasteiger partial charge < -0.3 is 10.5 Å². The summed E-state index contributed by atoms with van der Waals surface area (Å²) in [5.41, 5.74) is 4.63. The molecule has 19 heavy (non-hydrogen) atoms. The molecule has 1 atom stereocenters. The molecular formula is C12H12F4N2O. The first-order valence-electron chi connectivity index (χ1n) is 5.67. The second-order valence-corrected chi connectivity index (χ2v) is 4.32. The molecule has 1 aliphatic heterocycles. The Morgan fingerprint density at radius 2 is 2.05 bits per heavy atom. The average Bonchev–Trinajstić information content (AvgIpc) is 2.71. The van der Waals surface area contributed by atoms with Crippen molar-refractivity contribution in [2.45, 2.75) is 25.1 Å². The van der Waals surface area contributed by atoms with E-state index in [0.29, 0.717) is 19.1 Å². The molecule has 2 rings (SSSR count). The minimum atomic E-state index is -4.55. The van der Waals surface area contributed by atoms with Gasteiger partial charge in [-0.1, -0.05) is 0 Å². The van der Waals surface area contributed by atoms with Crippen molar-refractivity contribution in [3.05, 3.63) is 35.1 Å². The second kappa shape index (κ2) is 5.07. The molecule has 0 spiro atoms. The highest BCUT2D eigenvalue weighted by Gasteiger charge is 2.31. The van der Waals surface area contributed by atoms with Crippen LogP contribution in [0.5, 0.6) is 0 Å². The third-order valence-electron chi connectivity index (χ3n) is 2.78. The van der Waals surface area contributed by atoms with Gasteiger partial charge in [-0.3, -0.25) is 0 Å². The minimum absolute atomic E-state index is 0.0835. The standard InChI is InChI=1S/C12H12F4N2O/c13-9-4-7(3-8(5-9)12(14,15)16)1-2-10-6-19-11(17)18-10/h3-5,10H,1-2,6H2,(H2,17,18). The van der Waals surface area contributed by atoms with E-state index >= 15 is 0 Å². The maximum Gasteiger partial charge on any atom is 0.416 e. The fourth-order valence-electron chi connectivity index (χ4n) is 1.88. The lowest BCUT2D eigenvalue weighted by Crippen LogP contribution is -2.11. The monoisotopic (exact) mass is 276 g/mol. The van der Waals surface area contributed by atoms with Gasteiger partial charge in [-0.25, -0.2) is 9.38 Å². The molecule has 7 heteroatoms. The van der Waals surface area contributed by atoms with Crippen LogP contribution in [-0.2, 0) is 17.3 Å². The molecule has 1 aliphatic rings. The maximum absolute atomic E-state index is 13.1. The normalized spacial score (nSPS) is 19.2. The third-order valence-corrected chi connectivity index (χ3v) is 2.78. The Kier molecular flexibility index (Phi) is 3.64. The Morgan fingerprint density at radius 1 is 1.32 bits per heavy atom. The molecule has 0 saturated heterocycles. The van der Waals surface area contributed by atoms with Crippen molar-refractivity contribution in [2.75, 3.05) is 6.61 Å². The molecule has 3 nitrogen and oxygen atoms in total. The summed E-state index contributed by atoms with van der Waals surface area (Å²) in [6, 6.07) is 2.43. The average molecular weight is 276 g/mol. The first kappa shape index (κ1) is 13.6. The number of rotatable bonds is 3. The van der Waals surface area contributed by atoms with Gasteiger partial charge in [0.25, 0.3) is 6.02 Å². The third kappa shape index (κ3) is 3.59. The zero-order chi connectivity index (χ0) is 14.0. The van der Waals surface area contributed by atoms with Gasteiger partial charge in [0.1, 0.15) is 12.4 Å². The summed E-state index contributed by atoms with van der Waals surface area (Å²) >= 11 is 0. The van der Waals surface area contributed by atoms with Crippen molar-refractivity contribution in [1.29, 1.82) is 0 Å². The molecule has 1 unspecified atom stereocenters. The Bertz CT molecular complexity index is 499. The van der Waals surface area contributed by atoms with E-state index in [4.69, 9.17) is 10.5 Å². The number of aryl methyl sites for hydroxylation is 1. The predicted molar refractivity (Wildman–Crippen MR) is 61.1 cm³/mol. The number of hydrogen-bond acceptors (Lipinski definition) is 3. The summed E-state index contributed by atoms with van der Waals surface area (Å²) in [5.74, 6) is -0.893. The quantitative estimate of drug-likeness (QED) is 0.862. The van der Waals surface area contributed by atoms with Crippen LogP contribution in [0.2, 0.25) is 0 Å². The summed E-state index contributed by atoms with van der Waals surface area (Å²) in [6.07, 6.45) is -3.80. The van der Waals surface area contributed by atoms with Gasteiger partial charge in [0, 0.05) is 0 Å². The number of halogens is 4. The minimum Gasteiger partial charge on any atom is -0.463 e. The van der Waals surface area contributed by atoms with E-state index in [9.17, 15) is 17.6 Å². The molecule has 1 aromatic rings. The molecule has 0 fully saturated rings. The largest absolute Gasteiger partial charge is 0.463 e. The number of amidine groups is 1. The van der Waals surface area contributed by atoms with Gasteiger partial charge in [-0.15, -0.1) is 0 Å². The summed E-state index contributed by atoms with van der Waals surface area (Å²) < 4.78 is 55.6. The zero-order valence-corrected chi connectivity index (χ0v) is 9.88. The topological polar surface area (TPSA) is 47.6 Å². The van der Waals surface area contributed by atoms with Crippen LogP contribution in [0.3, 0.4) is 0 Å². The van der Waals surface area contributed by atoms with Crippen LogP contribution < -0.4 is 5.73 Å². The lowest BCUT2D eigenvalue weighted by molar-refractivity contribution is -0.137. The lowest BCUT2D eigenvalue weighted by Gasteiger charge is -2.10. The van der Waals surface area contributed by atoms with Crippen LogP contribution in [0.25, 0.3) is 0 Å². The van der Waals surface area contributed by atoms with Crippen molar-refractivity contribution in [3.63, 3.8) is 0 Å². The van der Waals surface area contributed by atoms with Gasteiger partial charge in [0.2, 0.25) is 0 Å². The molecule has 1 aromatic carbocycles. The highest BCUT2D eigenvalue weighted by atomic mass is 19.4. The molecule has 0 aromatic heterocycles. The van der Waals surface area contributed by atoms with Crippen LogP contribution in [0.15, 0.2) is 23.2 Å². The van der Waals surface area contributed by atoms with Crippen LogP contribution >= 0.6 is 0 Å². The molecule has 1 heterocycles. The van der Waals surface area contributed by atoms with E-state index in [1.54, 1.807) is 0 Å². The van der Waals surface area contributed by atoms with Gasteiger partial charge in [-0.2, -0.15) is 13.2 Å². The number of benzene rings is 1. The van der Waals surface area contributed by atoms with Crippen molar-refractivity contribution in [1.82, 2.24) is 0 Å².